The topological polar surface area (TPSA) is 60.4 Å². The van der Waals surface area contributed by atoms with Crippen molar-refractivity contribution < 1.29 is 8.83 Å². The molecule has 2 aromatic heterocycles. The van der Waals surface area contributed by atoms with Crippen LogP contribution in [-0.2, 0) is 25.7 Å². The zero-order valence-corrected chi connectivity index (χ0v) is 17.4. The Hall–Kier alpha value is -2.36. The highest BCUT2D eigenvalue weighted by Gasteiger charge is 2.18. The molecule has 2 heterocycles. The average Bonchev–Trinajstić information content (AvgIpc) is 2.67. The molecular formula is C24H30O4. The van der Waals surface area contributed by atoms with Gasteiger partial charge in [0.15, 0.2) is 0 Å². The van der Waals surface area contributed by atoms with Gasteiger partial charge in [-0.25, -0.2) is 9.59 Å². The summed E-state index contributed by atoms with van der Waals surface area (Å²) in [5.74, 6) is 1.50. The third-order valence-corrected chi connectivity index (χ3v) is 5.31. The molecule has 28 heavy (non-hydrogen) atoms. The van der Waals surface area contributed by atoms with Crippen LogP contribution >= 0.6 is 0 Å². The van der Waals surface area contributed by atoms with Crippen LogP contribution in [-0.4, -0.2) is 0 Å². The molecular weight excluding hydrogens is 352 g/mol. The van der Waals surface area contributed by atoms with E-state index in [0.29, 0.717) is 10.8 Å². The van der Waals surface area contributed by atoms with Crippen molar-refractivity contribution in [2.75, 3.05) is 0 Å². The summed E-state index contributed by atoms with van der Waals surface area (Å²) in [6.07, 6.45) is 6.80. The van der Waals surface area contributed by atoms with Crippen LogP contribution in [0.5, 0.6) is 0 Å². The quantitative estimate of drug-likeness (QED) is 0.468. The van der Waals surface area contributed by atoms with E-state index < -0.39 is 0 Å². The maximum Gasteiger partial charge on any atom is 0.343 e. The number of fused-ring (bicyclic) bond motifs is 2. The van der Waals surface area contributed by atoms with Gasteiger partial charge in [-0.1, -0.05) is 40.5 Å². The second-order valence-electron chi connectivity index (χ2n) is 7.53. The minimum Gasteiger partial charge on any atom is -0.427 e. The van der Waals surface area contributed by atoms with Crippen LogP contribution in [0.25, 0.3) is 21.5 Å². The summed E-state index contributed by atoms with van der Waals surface area (Å²) in [4.78, 5) is 25.5. The minimum atomic E-state index is -0.312. The van der Waals surface area contributed by atoms with E-state index in [-0.39, 0.29) is 11.3 Å². The number of hydrogen-bond donors (Lipinski definition) is 0. The standard InChI is InChI=1S/C24H30O4/c1-5-9-15-17-13-20-18(14-19(17)23(25)27-21(15)11-7-3)16(10-6-2)22(12-8-4)28-24(20)26/h13-14H,5-12H2,1-4H3. The predicted molar refractivity (Wildman–Crippen MR) is 115 cm³/mol. The summed E-state index contributed by atoms with van der Waals surface area (Å²) in [6.45, 7) is 8.36. The molecule has 0 aliphatic rings. The molecule has 0 radical (unpaired) electrons. The van der Waals surface area contributed by atoms with Gasteiger partial charge in [0.25, 0.3) is 0 Å². The Morgan fingerprint density at radius 1 is 0.571 bits per heavy atom. The van der Waals surface area contributed by atoms with Crippen LogP contribution in [0.1, 0.15) is 76.0 Å². The molecule has 4 nitrogen and oxygen atoms in total. The maximum atomic E-state index is 12.8. The van der Waals surface area contributed by atoms with Gasteiger partial charge in [-0.2, -0.15) is 0 Å². The van der Waals surface area contributed by atoms with Gasteiger partial charge in [0.05, 0.1) is 10.8 Å². The van der Waals surface area contributed by atoms with Crippen LogP contribution in [0.15, 0.2) is 30.6 Å². The van der Waals surface area contributed by atoms with Crippen molar-refractivity contribution in [3.05, 3.63) is 55.6 Å². The lowest BCUT2D eigenvalue weighted by molar-refractivity contribution is 0.455. The molecule has 0 amide bonds. The third-order valence-electron chi connectivity index (χ3n) is 5.31. The Balaban J connectivity index is 2.44. The van der Waals surface area contributed by atoms with Crippen molar-refractivity contribution in [1.82, 2.24) is 0 Å². The molecule has 3 rings (SSSR count). The normalized spacial score (nSPS) is 11.6. The lowest BCUT2D eigenvalue weighted by atomic mass is 9.94. The lowest BCUT2D eigenvalue weighted by Crippen LogP contribution is -2.11. The first kappa shape index (κ1) is 20.4. The van der Waals surface area contributed by atoms with Crippen molar-refractivity contribution >= 4 is 21.5 Å². The maximum absolute atomic E-state index is 12.8. The molecule has 3 aromatic rings. The molecule has 0 saturated heterocycles. The van der Waals surface area contributed by atoms with Crippen molar-refractivity contribution in [2.45, 2.75) is 79.1 Å². The van der Waals surface area contributed by atoms with E-state index in [4.69, 9.17) is 8.83 Å². The van der Waals surface area contributed by atoms with Crippen molar-refractivity contribution in [2.24, 2.45) is 0 Å². The Bertz CT molecular complexity index is 1010. The second-order valence-corrected chi connectivity index (χ2v) is 7.53. The molecule has 0 unspecified atom stereocenters. The van der Waals surface area contributed by atoms with E-state index in [1.54, 1.807) is 0 Å². The van der Waals surface area contributed by atoms with E-state index in [1.165, 1.54) is 0 Å². The molecule has 0 N–H and O–H groups in total. The molecule has 0 aliphatic heterocycles. The molecule has 0 saturated carbocycles. The van der Waals surface area contributed by atoms with Gasteiger partial charge in [0, 0.05) is 12.8 Å². The van der Waals surface area contributed by atoms with E-state index in [2.05, 4.69) is 27.7 Å². The third kappa shape index (κ3) is 3.65. The van der Waals surface area contributed by atoms with Crippen LogP contribution in [0, 0.1) is 0 Å². The van der Waals surface area contributed by atoms with Crippen LogP contribution in [0.2, 0.25) is 0 Å². The monoisotopic (exact) mass is 382 g/mol. The largest absolute Gasteiger partial charge is 0.427 e. The highest BCUT2D eigenvalue weighted by Crippen LogP contribution is 2.29. The number of aryl methyl sites for hydroxylation is 4. The van der Waals surface area contributed by atoms with Gasteiger partial charge in [0.2, 0.25) is 0 Å². The SMILES string of the molecule is CCCc1oc(=O)c2cc3c(CCC)c(CCC)oc(=O)c3cc2c1CCC. The summed E-state index contributed by atoms with van der Waals surface area (Å²) < 4.78 is 11.4. The molecule has 0 bridgehead atoms. The first-order chi connectivity index (χ1) is 13.5. The van der Waals surface area contributed by atoms with Crippen LogP contribution in [0.3, 0.4) is 0 Å². The van der Waals surface area contributed by atoms with E-state index in [9.17, 15) is 9.59 Å². The van der Waals surface area contributed by atoms with E-state index >= 15 is 0 Å². The highest BCUT2D eigenvalue weighted by molar-refractivity contribution is 6.00. The Kier molecular flexibility index (Phi) is 6.38. The van der Waals surface area contributed by atoms with Crippen molar-refractivity contribution in [3.63, 3.8) is 0 Å². The molecule has 4 heteroatoms. The zero-order valence-electron chi connectivity index (χ0n) is 17.4. The fraction of sp³-hybridized carbons (Fsp3) is 0.500. The Labute approximate surface area is 165 Å². The Morgan fingerprint density at radius 3 is 1.25 bits per heavy atom. The fourth-order valence-electron chi connectivity index (χ4n) is 4.10. The van der Waals surface area contributed by atoms with Gasteiger partial charge in [-0.3, -0.25) is 0 Å². The average molecular weight is 383 g/mol. The molecule has 1 aromatic carbocycles. The summed E-state index contributed by atoms with van der Waals surface area (Å²) in [5.41, 5.74) is 1.48. The number of rotatable bonds is 8. The molecule has 0 atom stereocenters. The van der Waals surface area contributed by atoms with Gasteiger partial charge in [0.1, 0.15) is 11.5 Å². The molecule has 150 valence electrons. The van der Waals surface area contributed by atoms with Crippen LogP contribution in [0.4, 0.5) is 0 Å². The first-order valence-corrected chi connectivity index (χ1v) is 10.6. The summed E-state index contributed by atoms with van der Waals surface area (Å²) in [7, 11) is 0. The summed E-state index contributed by atoms with van der Waals surface area (Å²) in [5, 5.41) is 2.82. The predicted octanol–water partition coefficient (Wildman–Crippen LogP) is 5.71. The van der Waals surface area contributed by atoms with Crippen molar-refractivity contribution in [3.8, 4) is 0 Å². The van der Waals surface area contributed by atoms with Gasteiger partial charge in [-0.05, 0) is 59.7 Å². The molecule has 0 spiro atoms. The highest BCUT2D eigenvalue weighted by atomic mass is 16.4. The second kappa shape index (κ2) is 8.76. The number of benzene rings is 1. The Morgan fingerprint density at radius 2 is 0.929 bits per heavy atom. The molecule has 0 aliphatic carbocycles. The van der Waals surface area contributed by atoms with Gasteiger partial charge < -0.3 is 8.83 Å². The number of hydrogen-bond acceptors (Lipinski definition) is 4. The summed E-state index contributed by atoms with van der Waals surface area (Å²) >= 11 is 0. The minimum absolute atomic E-state index is 0.312. The smallest absolute Gasteiger partial charge is 0.343 e. The first-order valence-electron chi connectivity index (χ1n) is 10.6. The van der Waals surface area contributed by atoms with Gasteiger partial charge in [-0.15, -0.1) is 0 Å². The van der Waals surface area contributed by atoms with Crippen molar-refractivity contribution in [1.29, 1.82) is 0 Å². The van der Waals surface area contributed by atoms with E-state index in [1.807, 2.05) is 12.1 Å². The zero-order chi connectivity index (χ0) is 20.3. The lowest BCUT2D eigenvalue weighted by Gasteiger charge is -2.14. The molecule has 0 fully saturated rings. The fourth-order valence-corrected chi connectivity index (χ4v) is 4.10. The summed E-state index contributed by atoms with van der Waals surface area (Å²) in [6, 6.07) is 3.74. The van der Waals surface area contributed by atoms with Crippen LogP contribution < -0.4 is 11.3 Å². The van der Waals surface area contributed by atoms with Gasteiger partial charge >= 0.3 is 11.3 Å². The van der Waals surface area contributed by atoms with E-state index in [0.717, 1.165) is 84.8 Å².